The largest absolute Gasteiger partial charge is 0.462 e. The van der Waals surface area contributed by atoms with E-state index < -0.39 is 48.4 Å². The molecular weight excluding hydrogens is 1210 g/mol. The number of carbonyl (C=O) groups excluding carboxylic acids is 9. The van der Waals surface area contributed by atoms with E-state index >= 15 is 0 Å². The van der Waals surface area contributed by atoms with Crippen LogP contribution in [0.25, 0.3) is 0 Å². The number of amides is 3. The highest BCUT2D eigenvalue weighted by atomic mass is 16.6. The number of nitrogens with zero attached hydrogens (tertiary/aromatic N) is 2. The Hall–Kier alpha value is -10.1. The molecule has 0 aliphatic rings. The van der Waals surface area contributed by atoms with E-state index in [1.165, 1.54) is 14.1 Å². The minimum Gasteiger partial charge on any atom is -0.462 e. The minimum atomic E-state index is -0.583. The number of benzene rings is 4. The van der Waals surface area contributed by atoms with Gasteiger partial charge in [-0.2, -0.15) is 0 Å². The first kappa shape index (κ1) is 91.6. The van der Waals surface area contributed by atoms with E-state index in [0.29, 0.717) is 46.6 Å². The van der Waals surface area contributed by atoms with Crippen LogP contribution in [0.5, 0.6) is 0 Å². The van der Waals surface area contributed by atoms with Crippen molar-refractivity contribution in [3.63, 3.8) is 0 Å². The topological polar surface area (TPSA) is 352 Å². The van der Waals surface area contributed by atoms with Crippen molar-refractivity contribution in [1.29, 1.82) is 0 Å². The average molecular weight is 1310 g/mol. The number of para-hydroxylation sites is 1. The molecule has 3 amide bonds. The Morgan fingerprint density at radius 3 is 1.14 bits per heavy atom. The summed E-state index contributed by atoms with van der Waals surface area (Å²) in [5, 5.41) is 21.0. The Morgan fingerprint density at radius 2 is 0.806 bits per heavy atom. The molecule has 4 N–H and O–H groups in total. The number of alkyl carbamates (subject to hydrolysis) is 2. The van der Waals surface area contributed by atoms with Crippen molar-refractivity contribution in [2.45, 2.75) is 122 Å². The fourth-order valence-electron chi connectivity index (χ4n) is 5.49. The highest BCUT2D eigenvalue weighted by Crippen LogP contribution is 2.17. The number of nitrogens with one attached hydrogen (secondary N) is 3. The van der Waals surface area contributed by atoms with E-state index in [1.807, 2.05) is 94.4 Å². The van der Waals surface area contributed by atoms with Crippen LogP contribution in [0.2, 0.25) is 0 Å². The van der Waals surface area contributed by atoms with Crippen molar-refractivity contribution in [3.8, 4) is 0 Å². The number of hydrogen-bond donors (Lipinski definition) is 4. The van der Waals surface area contributed by atoms with E-state index in [2.05, 4.69) is 60.3 Å². The smallest absolute Gasteiger partial charge is 0.411 e. The Kier molecular flexibility index (Phi) is 56.2. The van der Waals surface area contributed by atoms with E-state index in [4.69, 9.17) is 33.5 Å². The summed E-state index contributed by atoms with van der Waals surface area (Å²) in [6, 6.07) is 29.4. The van der Waals surface area contributed by atoms with Crippen molar-refractivity contribution in [2.75, 3.05) is 72.3 Å². The van der Waals surface area contributed by atoms with Crippen LogP contribution in [0.1, 0.15) is 104 Å². The molecule has 2 atom stereocenters. The first-order chi connectivity index (χ1) is 43.1. The van der Waals surface area contributed by atoms with Gasteiger partial charge in [-0.25, -0.2) is 28.8 Å². The van der Waals surface area contributed by atoms with E-state index in [-0.39, 0.29) is 92.0 Å². The number of esters is 6. The molecular formula is C67H97N5O21. The molecule has 0 aromatic heterocycles. The van der Waals surface area contributed by atoms with Gasteiger partial charge in [0.1, 0.15) is 69.8 Å². The number of rotatable bonds is 24. The summed E-state index contributed by atoms with van der Waals surface area (Å²) < 4.78 is 43.0. The van der Waals surface area contributed by atoms with Gasteiger partial charge in [-0.1, -0.05) is 127 Å². The average Bonchev–Trinajstić information content (AvgIpc) is 1.54. The first-order valence-electron chi connectivity index (χ1n) is 28.2. The number of aliphatic hydroxyl groups excluding tert-OH is 1. The molecule has 0 heterocycles. The number of carbonyl (C=O) groups is 9. The first-order valence-corrected chi connectivity index (χ1v) is 28.2. The number of anilines is 1. The minimum absolute atomic E-state index is 0. The highest BCUT2D eigenvalue weighted by Gasteiger charge is 2.13. The molecule has 4 aromatic carbocycles. The van der Waals surface area contributed by atoms with Crippen LogP contribution in [0.4, 0.5) is 31.4 Å². The summed E-state index contributed by atoms with van der Waals surface area (Å²) in [6.45, 7) is 29.3. The Bertz CT molecular complexity index is 2750. The van der Waals surface area contributed by atoms with Crippen molar-refractivity contribution < 1.29 is 90.9 Å². The SMILES string of the molecule is C.C.C=C(C)C(=O)OCCO.C=C(C)C(=O)OCCOC(=O)Cc1ccccc1C.C=C(C)C(=O)OCCOC(=O)Nc1ccccc1C.CCC(=O)OC(C)COC(=O)NC.CCC(=O)OC(C)COC(=O)NC.Cc1ccccc1N=O.Cc1ccccc1N=O. The van der Waals surface area contributed by atoms with Crippen molar-refractivity contribution in [1.82, 2.24) is 10.6 Å². The maximum absolute atomic E-state index is 11.6. The molecule has 516 valence electrons. The summed E-state index contributed by atoms with van der Waals surface area (Å²) in [6.07, 6.45) is -1.57. The van der Waals surface area contributed by atoms with Gasteiger partial charge < -0.3 is 58.4 Å². The van der Waals surface area contributed by atoms with Crippen LogP contribution < -0.4 is 16.0 Å². The molecule has 0 radical (unpaired) electrons. The quantitative estimate of drug-likeness (QED) is 0.0166. The summed E-state index contributed by atoms with van der Waals surface area (Å²) in [5.74, 6) is -2.36. The fourth-order valence-corrected chi connectivity index (χ4v) is 5.49. The van der Waals surface area contributed by atoms with E-state index in [1.54, 1.807) is 78.8 Å². The maximum Gasteiger partial charge on any atom is 0.411 e. The summed E-state index contributed by atoms with van der Waals surface area (Å²) in [4.78, 5) is 118. The second kappa shape index (κ2) is 57.1. The Labute approximate surface area is 547 Å². The molecule has 4 aromatic rings. The van der Waals surface area contributed by atoms with Crippen LogP contribution in [0.15, 0.2) is 144 Å². The van der Waals surface area contributed by atoms with Gasteiger partial charge in [0, 0.05) is 49.3 Å². The van der Waals surface area contributed by atoms with E-state index in [0.717, 1.165) is 27.8 Å². The lowest BCUT2D eigenvalue weighted by atomic mass is 10.1. The van der Waals surface area contributed by atoms with Gasteiger partial charge in [0.2, 0.25) is 0 Å². The number of ether oxygens (including phenoxy) is 9. The van der Waals surface area contributed by atoms with Gasteiger partial charge in [-0.15, -0.1) is 9.81 Å². The van der Waals surface area contributed by atoms with Crippen molar-refractivity contribution >= 4 is 71.2 Å². The molecule has 0 bridgehead atoms. The van der Waals surface area contributed by atoms with Crippen LogP contribution in [0.3, 0.4) is 0 Å². The van der Waals surface area contributed by atoms with Gasteiger partial charge in [0.25, 0.3) is 0 Å². The van der Waals surface area contributed by atoms with Crippen LogP contribution >= 0.6 is 0 Å². The van der Waals surface area contributed by atoms with Gasteiger partial charge in [-0.05, 0) is 119 Å². The number of aliphatic hydroxyl groups is 1. The van der Waals surface area contributed by atoms with Crippen molar-refractivity contribution in [3.05, 3.63) is 171 Å². The lowest BCUT2D eigenvalue weighted by molar-refractivity contribution is -0.150. The van der Waals surface area contributed by atoms with Gasteiger partial charge >= 0.3 is 54.1 Å². The Morgan fingerprint density at radius 1 is 0.462 bits per heavy atom. The predicted octanol–water partition coefficient (Wildman–Crippen LogP) is 12.4. The lowest BCUT2D eigenvalue weighted by Crippen LogP contribution is -2.26. The molecule has 4 rings (SSSR count). The third kappa shape index (κ3) is 50.3. The predicted molar refractivity (Wildman–Crippen MR) is 356 cm³/mol. The van der Waals surface area contributed by atoms with Crippen LogP contribution in [0, 0.1) is 37.5 Å². The summed E-state index contributed by atoms with van der Waals surface area (Å²) >= 11 is 0. The monoisotopic (exact) mass is 1310 g/mol. The van der Waals surface area contributed by atoms with Gasteiger partial charge in [0.05, 0.1) is 13.0 Å². The maximum atomic E-state index is 11.6. The normalized spacial score (nSPS) is 9.78. The zero-order chi connectivity index (χ0) is 69.7. The summed E-state index contributed by atoms with van der Waals surface area (Å²) in [5.41, 5.74) is 7.49. The zero-order valence-corrected chi connectivity index (χ0v) is 54.3. The molecule has 93 heavy (non-hydrogen) atoms. The molecule has 0 aliphatic carbocycles. The second-order valence-corrected chi connectivity index (χ2v) is 18.6. The Balaban J connectivity index is -0.000000329. The molecule has 0 saturated carbocycles. The summed E-state index contributed by atoms with van der Waals surface area (Å²) in [7, 11) is 2.93. The molecule has 0 spiro atoms. The number of aryl methyl sites for hydroxylation is 4. The molecule has 26 heteroatoms. The number of nitroso groups, excluding NO2 is 2. The molecule has 0 fully saturated rings. The molecule has 26 nitrogen and oxygen atoms in total. The number of hydrogen-bond acceptors (Lipinski definition) is 23. The van der Waals surface area contributed by atoms with Crippen molar-refractivity contribution in [2.24, 2.45) is 10.4 Å². The van der Waals surface area contributed by atoms with Gasteiger partial charge in [-0.3, -0.25) is 19.7 Å². The van der Waals surface area contributed by atoms with Crippen LogP contribution in [-0.2, 0) is 77.8 Å². The van der Waals surface area contributed by atoms with E-state index in [9.17, 15) is 53.0 Å². The van der Waals surface area contributed by atoms with Gasteiger partial charge in [0.15, 0.2) is 0 Å². The third-order valence-electron chi connectivity index (χ3n) is 10.5. The fraction of sp³-hybridized carbons (Fsp3) is 0.418. The highest BCUT2D eigenvalue weighted by molar-refractivity contribution is 5.88. The molecule has 0 saturated heterocycles. The van der Waals surface area contributed by atoms with Crippen LogP contribution in [-0.4, -0.2) is 138 Å². The second-order valence-electron chi connectivity index (χ2n) is 18.6. The molecule has 0 aliphatic heterocycles. The molecule has 2 unspecified atom stereocenters. The zero-order valence-electron chi connectivity index (χ0n) is 54.3. The lowest BCUT2D eigenvalue weighted by Gasteiger charge is -2.12. The third-order valence-corrected chi connectivity index (χ3v) is 10.5. The standard InChI is InChI=1S/C15H18O4.C14H17NO4.2C8H15NO4.2C7H7NO.C6H10O3.2CH4/c1-11(2)15(17)19-9-8-18-14(16)10-13-7-5-4-6-12(13)3;1-10(2)13(16)18-8-9-19-14(17)15-12-7-5-4-6-11(12)3;2*1-4-7(10)13-6(2)5-12-8(11)9-3;2*1-6-4-2-3-5-7(6)8-9;1-5(2)6(8)9-4-3-7;;/h4-7H,1,8-10H2,2-3H3;4-7H,1,8-9H2,2-3H3,(H,15,17);2*6H,4-5H2,1-3H3,(H,9,11);2*2-5H,1H3;7H,1,3-4H2,2H3;2*1H4.